The molecule has 0 aliphatic carbocycles. The van der Waals surface area contributed by atoms with Gasteiger partial charge in [-0.3, -0.25) is 9.48 Å². The Balaban J connectivity index is 1.94. The van der Waals surface area contributed by atoms with Gasteiger partial charge in [-0.1, -0.05) is 19.1 Å². The number of benzene rings is 1. The van der Waals surface area contributed by atoms with Gasteiger partial charge in [0.2, 0.25) is 0 Å². The average Bonchev–Trinajstić information content (AvgIpc) is 2.83. The lowest BCUT2D eigenvalue weighted by atomic mass is 10.1. The lowest BCUT2D eigenvalue weighted by Crippen LogP contribution is -2.04. The highest BCUT2D eigenvalue weighted by molar-refractivity contribution is 7.99. The van der Waals surface area contributed by atoms with Crippen molar-refractivity contribution in [1.82, 2.24) is 9.78 Å². The van der Waals surface area contributed by atoms with Gasteiger partial charge >= 0.3 is 0 Å². The molecule has 0 bridgehead atoms. The van der Waals surface area contributed by atoms with Crippen LogP contribution in [0.3, 0.4) is 0 Å². The number of ketones is 1. The quantitative estimate of drug-likeness (QED) is 0.598. The van der Waals surface area contributed by atoms with Crippen LogP contribution in [-0.4, -0.2) is 21.3 Å². The van der Waals surface area contributed by atoms with E-state index in [1.165, 1.54) is 4.90 Å². The number of Topliss-reactive ketones (excluding diaryl/α,β-unsaturated/α-hetero) is 1. The molecule has 0 aliphatic rings. The van der Waals surface area contributed by atoms with Crippen LogP contribution in [0.25, 0.3) is 0 Å². The van der Waals surface area contributed by atoms with Crippen LogP contribution in [-0.2, 0) is 13.5 Å². The van der Waals surface area contributed by atoms with Gasteiger partial charge in [0.15, 0.2) is 5.78 Å². The Morgan fingerprint density at radius 2 is 2.00 bits per heavy atom. The predicted molar refractivity (Wildman–Crippen MR) is 78.7 cm³/mol. The van der Waals surface area contributed by atoms with E-state index in [1.807, 2.05) is 42.1 Å². The number of nitrogens with zero attached hydrogens (tertiary/aromatic N) is 2. The summed E-state index contributed by atoms with van der Waals surface area (Å²) in [4.78, 5) is 13.3. The van der Waals surface area contributed by atoms with E-state index >= 15 is 0 Å². The first kappa shape index (κ1) is 13.9. The minimum absolute atomic E-state index is 0.189. The van der Waals surface area contributed by atoms with E-state index in [1.54, 1.807) is 18.0 Å². The van der Waals surface area contributed by atoms with E-state index in [4.69, 9.17) is 0 Å². The van der Waals surface area contributed by atoms with Crippen molar-refractivity contribution >= 4 is 17.5 Å². The van der Waals surface area contributed by atoms with E-state index < -0.39 is 0 Å². The first-order valence-corrected chi connectivity index (χ1v) is 7.42. The van der Waals surface area contributed by atoms with Crippen molar-refractivity contribution in [3.8, 4) is 0 Å². The fraction of sp³-hybridized carbons (Fsp3) is 0.333. The van der Waals surface area contributed by atoms with Gasteiger partial charge in [-0.15, -0.1) is 11.8 Å². The molecule has 0 N–H and O–H groups in total. The van der Waals surface area contributed by atoms with E-state index in [0.29, 0.717) is 6.42 Å². The molecule has 2 rings (SSSR count). The summed E-state index contributed by atoms with van der Waals surface area (Å²) in [7, 11) is 1.90. The van der Waals surface area contributed by atoms with Crippen LogP contribution >= 0.6 is 11.8 Å². The van der Waals surface area contributed by atoms with Crippen molar-refractivity contribution < 1.29 is 4.79 Å². The van der Waals surface area contributed by atoms with Gasteiger partial charge in [0.1, 0.15) is 0 Å². The van der Waals surface area contributed by atoms with Crippen molar-refractivity contribution in [2.45, 2.75) is 24.7 Å². The maximum Gasteiger partial charge on any atom is 0.163 e. The van der Waals surface area contributed by atoms with E-state index in [0.717, 1.165) is 23.4 Å². The van der Waals surface area contributed by atoms with E-state index in [2.05, 4.69) is 12.0 Å². The van der Waals surface area contributed by atoms with Crippen LogP contribution in [0.1, 0.15) is 29.4 Å². The fourth-order valence-corrected chi connectivity index (χ4v) is 2.60. The number of thioether (sulfide) groups is 1. The van der Waals surface area contributed by atoms with Crippen molar-refractivity contribution in [1.29, 1.82) is 0 Å². The Hall–Kier alpha value is -1.55. The summed E-state index contributed by atoms with van der Waals surface area (Å²) in [5.74, 6) is 1.24. The number of aryl methyl sites for hydroxylation is 2. The highest BCUT2D eigenvalue weighted by Gasteiger charge is 2.07. The van der Waals surface area contributed by atoms with Crippen molar-refractivity contribution in [3.05, 3.63) is 47.8 Å². The van der Waals surface area contributed by atoms with Crippen LogP contribution in [0.5, 0.6) is 0 Å². The maximum absolute atomic E-state index is 12.1. The number of carbonyl (C=O) groups excluding carboxylic acids is 1. The third-order valence-corrected chi connectivity index (χ3v) is 3.91. The molecule has 0 saturated heterocycles. The second kappa shape index (κ2) is 6.57. The van der Waals surface area contributed by atoms with Crippen LogP contribution in [0.2, 0.25) is 0 Å². The SMILES string of the molecule is CCSc1ccc(C(=O)CCc2ccnn2C)cc1. The Labute approximate surface area is 118 Å². The molecule has 0 aliphatic heterocycles. The molecule has 0 amide bonds. The lowest BCUT2D eigenvalue weighted by molar-refractivity contribution is 0.0982. The fourth-order valence-electron chi connectivity index (χ4n) is 1.94. The second-order valence-electron chi connectivity index (χ2n) is 4.33. The zero-order valence-electron chi connectivity index (χ0n) is 11.3. The maximum atomic E-state index is 12.1. The van der Waals surface area contributed by atoms with Crippen LogP contribution in [0, 0.1) is 0 Å². The van der Waals surface area contributed by atoms with Gasteiger partial charge in [0.25, 0.3) is 0 Å². The number of rotatable bonds is 6. The lowest BCUT2D eigenvalue weighted by Gasteiger charge is -2.03. The standard InChI is InChI=1S/C15H18N2OS/c1-3-19-14-7-4-12(5-8-14)15(18)9-6-13-10-11-16-17(13)2/h4-5,7-8,10-11H,3,6,9H2,1-2H3. The molecule has 1 heterocycles. The number of aromatic nitrogens is 2. The largest absolute Gasteiger partial charge is 0.294 e. The zero-order chi connectivity index (χ0) is 13.7. The van der Waals surface area contributed by atoms with E-state index in [9.17, 15) is 4.79 Å². The summed E-state index contributed by atoms with van der Waals surface area (Å²) >= 11 is 1.79. The summed E-state index contributed by atoms with van der Waals surface area (Å²) in [6, 6.07) is 9.83. The van der Waals surface area contributed by atoms with Crippen LogP contribution < -0.4 is 0 Å². The Bertz CT molecular complexity index is 546. The van der Waals surface area contributed by atoms with Crippen molar-refractivity contribution in [2.24, 2.45) is 7.05 Å². The molecule has 0 atom stereocenters. The van der Waals surface area contributed by atoms with Crippen LogP contribution in [0.4, 0.5) is 0 Å². The molecule has 0 saturated carbocycles. The summed E-state index contributed by atoms with van der Waals surface area (Å²) < 4.78 is 1.81. The third-order valence-electron chi connectivity index (χ3n) is 3.02. The van der Waals surface area contributed by atoms with Crippen molar-refractivity contribution in [2.75, 3.05) is 5.75 Å². The second-order valence-corrected chi connectivity index (χ2v) is 5.66. The molecule has 2 aromatic rings. The minimum Gasteiger partial charge on any atom is -0.294 e. The molecule has 3 nitrogen and oxygen atoms in total. The summed E-state index contributed by atoms with van der Waals surface area (Å²) in [5, 5.41) is 4.10. The van der Waals surface area contributed by atoms with Gasteiger partial charge in [0, 0.05) is 35.8 Å². The Kier molecular flexibility index (Phi) is 4.80. The average molecular weight is 274 g/mol. The first-order chi connectivity index (χ1) is 9.20. The zero-order valence-corrected chi connectivity index (χ0v) is 12.1. The molecular formula is C15H18N2OS. The molecule has 4 heteroatoms. The third kappa shape index (κ3) is 3.70. The topological polar surface area (TPSA) is 34.9 Å². The first-order valence-electron chi connectivity index (χ1n) is 6.43. The molecule has 1 aromatic carbocycles. The normalized spacial score (nSPS) is 10.6. The van der Waals surface area contributed by atoms with Crippen LogP contribution in [0.15, 0.2) is 41.4 Å². The molecule has 0 unspecified atom stereocenters. The summed E-state index contributed by atoms with van der Waals surface area (Å²) in [5.41, 5.74) is 1.88. The van der Waals surface area contributed by atoms with E-state index in [-0.39, 0.29) is 5.78 Å². The smallest absolute Gasteiger partial charge is 0.163 e. The predicted octanol–water partition coefficient (Wildman–Crippen LogP) is 3.35. The molecule has 0 radical (unpaired) electrons. The van der Waals surface area contributed by atoms with Gasteiger partial charge in [-0.25, -0.2) is 0 Å². The highest BCUT2D eigenvalue weighted by atomic mass is 32.2. The number of hydrogen-bond donors (Lipinski definition) is 0. The molecule has 1 aromatic heterocycles. The Morgan fingerprint density at radius 3 is 2.58 bits per heavy atom. The van der Waals surface area contributed by atoms with Crippen molar-refractivity contribution in [3.63, 3.8) is 0 Å². The Morgan fingerprint density at radius 1 is 1.26 bits per heavy atom. The summed E-state index contributed by atoms with van der Waals surface area (Å²) in [6.07, 6.45) is 3.02. The van der Waals surface area contributed by atoms with Gasteiger partial charge < -0.3 is 0 Å². The minimum atomic E-state index is 0.189. The molecule has 100 valence electrons. The number of hydrogen-bond acceptors (Lipinski definition) is 3. The monoisotopic (exact) mass is 274 g/mol. The molecule has 0 fully saturated rings. The molecule has 19 heavy (non-hydrogen) atoms. The molecule has 0 spiro atoms. The van der Waals surface area contributed by atoms with Gasteiger partial charge in [-0.2, -0.15) is 5.10 Å². The molecular weight excluding hydrogens is 256 g/mol. The van der Waals surface area contributed by atoms with Gasteiger partial charge in [0.05, 0.1) is 0 Å². The highest BCUT2D eigenvalue weighted by Crippen LogP contribution is 2.18. The van der Waals surface area contributed by atoms with Gasteiger partial charge in [-0.05, 0) is 30.4 Å². The number of carbonyl (C=O) groups is 1. The summed E-state index contributed by atoms with van der Waals surface area (Å²) in [6.45, 7) is 2.12.